The van der Waals surface area contributed by atoms with E-state index in [1.54, 1.807) is 19.1 Å². The van der Waals surface area contributed by atoms with Crippen molar-refractivity contribution in [2.24, 2.45) is 5.73 Å². The molecule has 2 amide bonds. The van der Waals surface area contributed by atoms with E-state index in [2.05, 4.69) is 10.6 Å². The van der Waals surface area contributed by atoms with Crippen molar-refractivity contribution in [1.29, 1.82) is 0 Å². The van der Waals surface area contributed by atoms with Gasteiger partial charge in [0.05, 0.1) is 11.4 Å². The molecule has 1 aromatic carbocycles. The van der Waals surface area contributed by atoms with Crippen molar-refractivity contribution >= 4 is 23.2 Å². The van der Waals surface area contributed by atoms with E-state index in [9.17, 15) is 9.59 Å². The Kier molecular flexibility index (Phi) is 4.53. The Balaban J connectivity index is 2.79. The van der Waals surface area contributed by atoms with Gasteiger partial charge in [-0.2, -0.15) is 0 Å². The van der Waals surface area contributed by atoms with Crippen LogP contribution < -0.4 is 22.1 Å². The maximum Gasteiger partial charge on any atom is 0.248 e. The molecule has 1 rings (SSSR count). The summed E-state index contributed by atoms with van der Waals surface area (Å²) in [5, 5.41) is 5.67. The van der Waals surface area contributed by atoms with Crippen LogP contribution in [0.3, 0.4) is 0 Å². The molecule has 6 nitrogen and oxygen atoms in total. The van der Waals surface area contributed by atoms with Crippen molar-refractivity contribution in [3.8, 4) is 0 Å². The third-order valence-electron chi connectivity index (χ3n) is 2.45. The van der Waals surface area contributed by atoms with Crippen LogP contribution in [0, 0.1) is 0 Å². The van der Waals surface area contributed by atoms with Crippen molar-refractivity contribution < 1.29 is 9.59 Å². The number of amides is 2. The molecule has 0 bridgehead atoms. The number of nitrogens with one attached hydrogen (secondary N) is 2. The fourth-order valence-electron chi connectivity index (χ4n) is 1.47. The molecular formula is C12H18N4O2. The second-order valence-electron chi connectivity index (χ2n) is 3.93. The van der Waals surface area contributed by atoms with Crippen LogP contribution in [-0.4, -0.2) is 24.4 Å². The normalized spacial score (nSPS) is 11.7. The molecule has 1 atom stereocenters. The van der Waals surface area contributed by atoms with Gasteiger partial charge in [-0.05, 0) is 32.0 Å². The molecule has 0 heterocycles. The van der Waals surface area contributed by atoms with E-state index >= 15 is 0 Å². The molecule has 0 aromatic heterocycles. The van der Waals surface area contributed by atoms with Crippen LogP contribution in [0.15, 0.2) is 18.2 Å². The topological polar surface area (TPSA) is 110 Å². The van der Waals surface area contributed by atoms with Crippen molar-refractivity contribution in [3.05, 3.63) is 23.8 Å². The van der Waals surface area contributed by atoms with Gasteiger partial charge in [0.2, 0.25) is 11.8 Å². The Labute approximate surface area is 106 Å². The molecule has 0 spiro atoms. The highest BCUT2D eigenvalue weighted by molar-refractivity contribution is 5.95. The summed E-state index contributed by atoms with van der Waals surface area (Å²) < 4.78 is 0. The van der Waals surface area contributed by atoms with Crippen molar-refractivity contribution in [2.75, 3.05) is 17.6 Å². The molecular weight excluding hydrogens is 232 g/mol. The van der Waals surface area contributed by atoms with Crippen LogP contribution in [0.25, 0.3) is 0 Å². The SMILES string of the molecule is CCNC(=O)C(C)Nc1ccc(C(N)=O)cc1N. The van der Waals surface area contributed by atoms with Gasteiger partial charge in [-0.25, -0.2) is 0 Å². The van der Waals surface area contributed by atoms with E-state index in [1.165, 1.54) is 6.07 Å². The summed E-state index contributed by atoms with van der Waals surface area (Å²) in [6, 6.07) is 4.26. The number of nitrogen functional groups attached to an aromatic ring is 1. The average Bonchev–Trinajstić information content (AvgIpc) is 2.31. The number of anilines is 2. The third-order valence-corrected chi connectivity index (χ3v) is 2.45. The predicted molar refractivity (Wildman–Crippen MR) is 71.1 cm³/mol. The number of nitrogens with two attached hydrogens (primary N) is 2. The van der Waals surface area contributed by atoms with Crippen LogP contribution in [-0.2, 0) is 4.79 Å². The molecule has 0 fully saturated rings. The van der Waals surface area contributed by atoms with E-state index in [1.807, 2.05) is 6.92 Å². The zero-order valence-electron chi connectivity index (χ0n) is 10.5. The first-order valence-corrected chi connectivity index (χ1v) is 5.69. The second kappa shape index (κ2) is 5.90. The minimum absolute atomic E-state index is 0.115. The quantitative estimate of drug-likeness (QED) is 0.563. The lowest BCUT2D eigenvalue weighted by Crippen LogP contribution is -2.37. The lowest BCUT2D eigenvalue weighted by Gasteiger charge is -2.16. The van der Waals surface area contributed by atoms with Gasteiger partial charge < -0.3 is 22.1 Å². The number of carbonyl (C=O) groups is 2. The number of hydrogen-bond acceptors (Lipinski definition) is 4. The molecule has 0 radical (unpaired) electrons. The summed E-state index contributed by atoms with van der Waals surface area (Å²) in [6.07, 6.45) is 0. The maximum atomic E-state index is 11.5. The standard InChI is InChI=1S/C12H18N4O2/c1-3-15-12(18)7(2)16-10-5-4-8(11(14)17)6-9(10)13/h4-7,16H,3,13H2,1-2H3,(H2,14,17)(H,15,18). The Bertz CT molecular complexity index is 459. The third kappa shape index (κ3) is 3.38. The van der Waals surface area contributed by atoms with E-state index in [0.29, 0.717) is 23.5 Å². The van der Waals surface area contributed by atoms with Gasteiger partial charge in [-0.1, -0.05) is 0 Å². The Morgan fingerprint density at radius 1 is 1.39 bits per heavy atom. The molecule has 98 valence electrons. The van der Waals surface area contributed by atoms with E-state index < -0.39 is 11.9 Å². The van der Waals surface area contributed by atoms with E-state index in [0.717, 1.165) is 0 Å². The van der Waals surface area contributed by atoms with Gasteiger partial charge in [0.15, 0.2) is 0 Å². The van der Waals surface area contributed by atoms with E-state index in [4.69, 9.17) is 11.5 Å². The molecule has 0 aliphatic heterocycles. The minimum Gasteiger partial charge on any atom is -0.397 e. The highest BCUT2D eigenvalue weighted by atomic mass is 16.2. The summed E-state index contributed by atoms with van der Waals surface area (Å²) >= 11 is 0. The number of hydrogen-bond donors (Lipinski definition) is 4. The molecule has 0 aliphatic carbocycles. The summed E-state index contributed by atoms with van der Waals surface area (Å²) in [5.41, 5.74) is 12.2. The molecule has 0 aliphatic rings. The lowest BCUT2D eigenvalue weighted by molar-refractivity contribution is -0.121. The van der Waals surface area contributed by atoms with Gasteiger partial charge in [0.25, 0.3) is 0 Å². The highest BCUT2D eigenvalue weighted by Gasteiger charge is 2.13. The Hall–Kier alpha value is -2.24. The van der Waals surface area contributed by atoms with Gasteiger partial charge >= 0.3 is 0 Å². The largest absolute Gasteiger partial charge is 0.397 e. The smallest absolute Gasteiger partial charge is 0.248 e. The molecule has 1 aromatic rings. The molecule has 1 unspecified atom stereocenters. The fourth-order valence-corrected chi connectivity index (χ4v) is 1.47. The summed E-state index contributed by atoms with van der Waals surface area (Å²) in [5.74, 6) is -0.652. The van der Waals surface area contributed by atoms with Crippen molar-refractivity contribution in [2.45, 2.75) is 19.9 Å². The lowest BCUT2D eigenvalue weighted by atomic mass is 10.1. The molecule has 0 saturated carbocycles. The van der Waals surface area contributed by atoms with Gasteiger partial charge in [0, 0.05) is 12.1 Å². The van der Waals surface area contributed by atoms with Crippen LogP contribution in [0.2, 0.25) is 0 Å². The summed E-state index contributed by atoms with van der Waals surface area (Å²) in [6.45, 7) is 4.15. The van der Waals surface area contributed by atoms with Crippen molar-refractivity contribution in [1.82, 2.24) is 5.32 Å². The minimum atomic E-state index is -0.537. The number of likely N-dealkylation sites (N-methyl/N-ethyl adjacent to an activating group) is 1. The fraction of sp³-hybridized carbons (Fsp3) is 0.333. The van der Waals surface area contributed by atoms with Crippen LogP contribution in [0.5, 0.6) is 0 Å². The zero-order valence-corrected chi connectivity index (χ0v) is 10.5. The number of carbonyl (C=O) groups excluding carboxylic acids is 2. The maximum absolute atomic E-state index is 11.5. The molecule has 18 heavy (non-hydrogen) atoms. The Morgan fingerprint density at radius 2 is 2.06 bits per heavy atom. The first kappa shape index (κ1) is 13.8. The summed E-state index contributed by atoms with van der Waals surface area (Å²) in [7, 11) is 0. The van der Waals surface area contributed by atoms with Crippen LogP contribution in [0.1, 0.15) is 24.2 Å². The van der Waals surface area contributed by atoms with Crippen LogP contribution >= 0.6 is 0 Å². The van der Waals surface area contributed by atoms with Crippen LogP contribution in [0.4, 0.5) is 11.4 Å². The number of rotatable bonds is 5. The van der Waals surface area contributed by atoms with Gasteiger partial charge in [-0.15, -0.1) is 0 Å². The van der Waals surface area contributed by atoms with Crippen molar-refractivity contribution in [3.63, 3.8) is 0 Å². The Morgan fingerprint density at radius 3 is 2.56 bits per heavy atom. The molecule has 6 N–H and O–H groups in total. The first-order chi connectivity index (χ1) is 8.45. The highest BCUT2D eigenvalue weighted by Crippen LogP contribution is 2.20. The average molecular weight is 250 g/mol. The van der Waals surface area contributed by atoms with E-state index in [-0.39, 0.29) is 5.91 Å². The molecule has 0 saturated heterocycles. The second-order valence-corrected chi connectivity index (χ2v) is 3.93. The van der Waals surface area contributed by atoms with Gasteiger partial charge in [0.1, 0.15) is 6.04 Å². The monoisotopic (exact) mass is 250 g/mol. The number of benzene rings is 1. The molecule has 6 heteroatoms. The number of primary amides is 1. The first-order valence-electron chi connectivity index (χ1n) is 5.69. The predicted octanol–water partition coefficient (Wildman–Crippen LogP) is 0.304. The summed E-state index contributed by atoms with van der Waals surface area (Å²) in [4.78, 5) is 22.5. The van der Waals surface area contributed by atoms with Gasteiger partial charge in [-0.3, -0.25) is 9.59 Å². The zero-order chi connectivity index (χ0) is 13.7.